The highest BCUT2D eigenvalue weighted by Crippen LogP contribution is 2.26. The summed E-state index contributed by atoms with van der Waals surface area (Å²) in [6.07, 6.45) is 1.67. The summed E-state index contributed by atoms with van der Waals surface area (Å²) in [4.78, 5) is 24.3. The van der Waals surface area contributed by atoms with Crippen LogP contribution in [0.15, 0.2) is 48.5 Å². The highest BCUT2D eigenvalue weighted by Gasteiger charge is 2.17. The van der Waals surface area contributed by atoms with Crippen LogP contribution in [0.25, 0.3) is 5.57 Å². The van der Waals surface area contributed by atoms with Crippen LogP contribution in [0.2, 0.25) is 0 Å². The Balaban J connectivity index is 2.26. The summed E-state index contributed by atoms with van der Waals surface area (Å²) >= 11 is 0. The maximum Gasteiger partial charge on any atom is 0.323 e. The first kappa shape index (κ1) is 19.2. The summed E-state index contributed by atoms with van der Waals surface area (Å²) in [5, 5.41) is 7.85. The van der Waals surface area contributed by atoms with Gasteiger partial charge in [0.05, 0.1) is 5.69 Å². The van der Waals surface area contributed by atoms with Gasteiger partial charge in [-0.05, 0) is 56.2 Å². The van der Waals surface area contributed by atoms with Crippen LogP contribution >= 0.6 is 0 Å². The molecule has 26 heavy (non-hydrogen) atoms. The van der Waals surface area contributed by atoms with Crippen molar-refractivity contribution in [2.24, 2.45) is 0 Å². The van der Waals surface area contributed by atoms with Crippen molar-refractivity contribution in [1.82, 2.24) is 5.32 Å². The molecule has 0 saturated heterocycles. The average Bonchev–Trinajstić information content (AvgIpc) is 2.60. The van der Waals surface area contributed by atoms with Crippen molar-refractivity contribution in [1.29, 1.82) is 0 Å². The first-order valence-corrected chi connectivity index (χ1v) is 8.34. The van der Waals surface area contributed by atoms with Gasteiger partial charge in [0.25, 0.3) is 5.91 Å². The van der Waals surface area contributed by atoms with E-state index in [9.17, 15) is 14.0 Å². The standard InChI is InChI=1S/C20H22FN3O2/c1-4-15(19(25)22-5-2)16-12-18(17(21)11-13(16)3)24-20(26)23-14-9-7-6-8-10-14/h4,6-12H,5H2,1-3H3,(H,22,25)(H2,23,24,26)/b15-4-. The molecule has 0 atom stereocenters. The molecule has 2 aromatic rings. The van der Waals surface area contributed by atoms with Gasteiger partial charge in [-0.15, -0.1) is 0 Å². The number of hydrogen-bond acceptors (Lipinski definition) is 2. The normalized spacial score (nSPS) is 11.0. The number of hydrogen-bond donors (Lipinski definition) is 3. The van der Waals surface area contributed by atoms with Crippen LogP contribution in [0.4, 0.5) is 20.6 Å². The van der Waals surface area contributed by atoms with E-state index in [4.69, 9.17) is 0 Å². The predicted molar refractivity (Wildman–Crippen MR) is 103 cm³/mol. The number of urea groups is 1. The number of nitrogens with one attached hydrogen (secondary N) is 3. The van der Waals surface area contributed by atoms with Gasteiger partial charge in [-0.25, -0.2) is 9.18 Å². The van der Waals surface area contributed by atoms with E-state index in [1.807, 2.05) is 13.0 Å². The number of para-hydroxylation sites is 1. The van der Waals surface area contributed by atoms with E-state index in [2.05, 4.69) is 16.0 Å². The highest BCUT2D eigenvalue weighted by atomic mass is 19.1. The largest absolute Gasteiger partial charge is 0.352 e. The summed E-state index contributed by atoms with van der Waals surface area (Å²) in [6, 6.07) is 11.1. The van der Waals surface area contributed by atoms with Gasteiger partial charge >= 0.3 is 6.03 Å². The maximum atomic E-state index is 14.3. The molecule has 0 aromatic heterocycles. The van der Waals surface area contributed by atoms with Gasteiger partial charge in [0, 0.05) is 17.8 Å². The minimum absolute atomic E-state index is 0.00248. The molecule has 2 aromatic carbocycles. The molecule has 3 amide bonds. The van der Waals surface area contributed by atoms with E-state index >= 15 is 0 Å². The lowest BCUT2D eigenvalue weighted by Crippen LogP contribution is -2.24. The van der Waals surface area contributed by atoms with Crippen LogP contribution in [0.5, 0.6) is 0 Å². The fourth-order valence-corrected chi connectivity index (χ4v) is 2.53. The Bertz CT molecular complexity index is 832. The van der Waals surface area contributed by atoms with Gasteiger partial charge in [0.15, 0.2) is 0 Å². The molecular formula is C20H22FN3O2. The third-order valence-electron chi connectivity index (χ3n) is 3.75. The van der Waals surface area contributed by atoms with E-state index in [0.29, 0.717) is 28.9 Å². The number of carbonyl (C=O) groups is 2. The molecule has 0 aliphatic heterocycles. The molecule has 0 fully saturated rings. The highest BCUT2D eigenvalue weighted by molar-refractivity contribution is 6.20. The predicted octanol–water partition coefficient (Wildman–Crippen LogP) is 4.32. The van der Waals surface area contributed by atoms with E-state index in [1.165, 1.54) is 12.1 Å². The van der Waals surface area contributed by atoms with Gasteiger partial charge in [0.2, 0.25) is 0 Å². The third-order valence-corrected chi connectivity index (χ3v) is 3.75. The molecule has 136 valence electrons. The molecule has 0 aliphatic rings. The molecule has 0 unspecified atom stereocenters. The molecule has 0 saturated carbocycles. The molecule has 0 spiro atoms. The molecule has 0 bridgehead atoms. The van der Waals surface area contributed by atoms with Gasteiger partial charge in [0.1, 0.15) is 5.82 Å². The van der Waals surface area contributed by atoms with Gasteiger partial charge in [-0.1, -0.05) is 24.3 Å². The fraction of sp³-hybridized carbons (Fsp3) is 0.200. The second-order valence-electron chi connectivity index (χ2n) is 5.65. The Morgan fingerprint density at radius 3 is 2.42 bits per heavy atom. The van der Waals surface area contributed by atoms with Crippen LogP contribution in [0.1, 0.15) is 25.0 Å². The van der Waals surface area contributed by atoms with Crippen LogP contribution in [-0.2, 0) is 4.79 Å². The lowest BCUT2D eigenvalue weighted by molar-refractivity contribution is -0.115. The van der Waals surface area contributed by atoms with Crippen molar-refractivity contribution in [3.8, 4) is 0 Å². The van der Waals surface area contributed by atoms with E-state index < -0.39 is 11.8 Å². The number of halogens is 1. The summed E-state index contributed by atoms with van der Waals surface area (Å²) in [7, 11) is 0. The molecule has 2 rings (SSSR count). The van der Waals surface area contributed by atoms with Crippen molar-refractivity contribution in [3.05, 3.63) is 65.5 Å². The fourth-order valence-electron chi connectivity index (χ4n) is 2.53. The first-order valence-electron chi connectivity index (χ1n) is 8.34. The van der Waals surface area contributed by atoms with Crippen molar-refractivity contribution in [3.63, 3.8) is 0 Å². The second kappa shape index (κ2) is 8.80. The molecule has 5 nitrogen and oxygen atoms in total. The Morgan fingerprint density at radius 1 is 1.12 bits per heavy atom. The maximum absolute atomic E-state index is 14.3. The molecule has 0 radical (unpaired) electrons. The van der Waals surface area contributed by atoms with Crippen LogP contribution in [0, 0.1) is 12.7 Å². The summed E-state index contributed by atoms with van der Waals surface area (Å²) in [5.41, 5.74) is 2.19. The molecule has 0 heterocycles. The average molecular weight is 355 g/mol. The zero-order chi connectivity index (χ0) is 19.1. The first-order chi connectivity index (χ1) is 12.5. The lowest BCUT2D eigenvalue weighted by atomic mass is 9.98. The third kappa shape index (κ3) is 4.69. The lowest BCUT2D eigenvalue weighted by Gasteiger charge is -2.14. The van der Waals surface area contributed by atoms with Gasteiger partial charge < -0.3 is 16.0 Å². The Hall–Kier alpha value is -3.15. The number of likely N-dealkylation sites (N-methyl/N-ethyl adjacent to an activating group) is 1. The zero-order valence-electron chi connectivity index (χ0n) is 15.0. The quantitative estimate of drug-likeness (QED) is 0.699. The molecule has 6 heteroatoms. The summed E-state index contributed by atoms with van der Waals surface area (Å²) in [6.45, 7) is 5.77. The smallest absolute Gasteiger partial charge is 0.323 e. The van der Waals surface area contributed by atoms with E-state index in [0.717, 1.165) is 0 Å². The van der Waals surface area contributed by atoms with E-state index in [1.54, 1.807) is 44.2 Å². The van der Waals surface area contributed by atoms with Crippen molar-refractivity contribution >= 4 is 28.9 Å². The topological polar surface area (TPSA) is 70.2 Å². The number of amides is 3. The number of anilines is 2. The van der Waals surface area contributed by atoms with Crippen LogP contribution < -0.4 is 16.0 Å². The van der Waals surface area contributed by atoms with Gasteiger partial charge in [-0.2, -0.15) is 0 Å². The monoisotopic (exact) mass is 355 g/mol. The van der Waals surface area contributed by atoms with Crippen LogP contribution in [0.3, 0.4) is 0 Å². The number of rotatable bonds is 5. The number of carbonyl (C=O) groups excluding carboxylic acids is 2. The SMILES string of the molecule is C/C=C(\C(=O)NCC)c1cc(NC(=O)Nc2ccccc2)c(F)cc1C. The van der Waals surface area contributed by atoms with Crippen molar-refractivity contribution < 1.29 is 14.0 Å². The Morgan fingerprint density at radius 2 is 1.81 bits per heavy atom. The number of benzene rings is 2. The van der Waals surface area contributed by atoms with Gasteiger partial charge in [-0.3, -0.25) is 4.79 Å². The van der Waals surface area contributed by atoms with Crippen molar-refractivity contribution in [2.45, 2.75) is 20.8 Å². The second-order valence-corrected chi connectivity index (χ2v) is 5.65. The minimum Gasteiger partial charge on any atom is -0.352 e. The van der Waals surface area contributed by atoms with Crippen LogP contribution in [-0.4, -0.2) is 18.5 Å². The molecule has 3 N–H and O–H groups in total. The number of allylic oxidation sites excluding steroid dienone is 1. The Kier molecular flexibility index (Phi) is 6.49. The molecular weight excluding hydrogens is 333 g/mol. The Labute approximate surface area is 152 Å². The summed E-state index contributed by atoms with van der Waals surface area (Å²) < 4.78 is 14.3. The molecule has 0 aliphatic carbocycles. The minimum atomic E-state index is -0.569. The number of aryl methyl sites for hydroxylation is 1. The summed E-state index contributed by atoms with van der Waals surface area (Å²) in [5.74, 6) is -0.815. The van der Waals surface area contributed by atoms with Crippen molar-refractivity contribution in [2.75, 3.05) is 17.2 Å². The van der Waals surface area contributed by atoms with E-state index in [-0.39, 0.29) is 11.6 Å². The zero-order valence-corrected chi connectivity index (χ0v) is 15.0.